The predicted octanol–water partition coefficient (Wildman–Crippen LogP) is 3.22. The number of hydrogen-bond acceptors (Lipinski definition) is 4. The minimum atomic E-state index is -0.127. The second-order valence-electron chi connectivity index (χ2n) is 7.06. The molecule has 2 aromatic rings. The second kappa shape index (κ2) is 5.43. The molecule has 0 aliphatic carbocycles. The fourth-order valence-electron chi connectivity index (χ4n) is 3.08. The van der Waals surface area contributed by atoms with Crippen LogP contribution in [0.3, 0.4) is 0 Å². The zero-order valence-corrected chi connectivity index (χ0v) is 13.5. The van der Waals surface area contributed by atoms with Crippen LogP contribution in [0.25, 0.3) is 11.0 Å². The number of piperidine rings is 1. The molecule has 0 atom stereocenters. The molecule has 0 spiro atoms. The van der Waals surface area contributed by atoms with E-state index in [1.165, 1.54) is 0 Å². The van der Waals surface area contributed by atoms with Crippen LogP contribution in [0.2, 0.25) is 0 Å². The molecule has 1 aromatic carbocycles. The molecule has 1 aliphatic heterocycles. The average Bonchev–Trinajstić information content (AvgIpc) is 2.47. The van der Waals surface area contributed by atoms with Gasteiger partial charge in [0.2, 0.25) is 0 Å². The van der Waals surface area contributed by atoms with Gasteiger partial charge in [0.15, 0.2) is 11.3 Å². The van der Waals surface area contributed by atoms with Crippen molar-refractivity contribution in [3.05, 3.63) is 39.5 Å². The summed E-state index contributed by atoms with van der Waals surface area (Å²) in [6.07, 6.45) is 2.16. The molecule has 4 nitrogen and oxygen atoms in total. The summed E-state index contributed by atoms with van der Waals surface area (Å²) in [6.45, 7) is 8.11. The Balaban J connectivity index is 2.06. The van der Waals surface area contributed by atoms with Crippen molar-refractivity contribution in [2.75, 3.05) is 18.0 Å². The monoisotopic (exact) mass is 301 g/mol. The third kappa shape index (κ3) is 2.75. The lowest BCUT2D eigenvalue weighted by molar-refractivity contribution is 0.273. The van der Waals surface area contributed by atoms with E-state index in [4.69, 9.17) is 4.42 Å². The number of aryl methyl sites for hydroxylation is 1. The van der Waals surface area contributed by atoms with Gasteiger partial charge in [-0.25, -0.2) is 0 Å². The standard InChI is InChI=1S/C18H23NO3/c1-12-8-13(11-20)17-14(9-12)15(21)10-16(22-17)19-6-4-18(2,3)5-7-19/h8-10,20H,4-7,11H2,1-3H3. The van der Waals surface area contributed by atoms with Crippen LogP contribution < -0.4 is 10.3 Å². The molecule has 1 saturated heterocycles. The summed E-state index contributed by atoms with van der Waals surface area (Å²) in [5.74, 6) is 0.617. The third-order valence-corrected chi connectivity index (χ3v) is 4.64. The molecule has 3 rings (SSSR count). The van der Waals surface area contributed by atoms with Gasteiger partial charge in [-0.1, -0.05) is 13.8 Å². The van der Waals surface area contributed by atoms with Crippen molar-refractivity contribution in [2.45, 2.75) is 40.2 Å². The molecular weight excluding hydrogens is 278 g/mol. The summed E-state index contributed by atoms with van der Waals surface area (Å²) >= 11 is 0. The molecule has 0 saturated carbocycles. The number of aliphatic hydroxyl groups is 1. The largest absolute Gasteiger partial charge is 0.440 e. The smallest absolute Gasteiger partial charge is 0.200 e. The van der Waals surface area contributed by atoms with Gasteiger partial charge in [-0.3, -0.25) is 4.79 Å². The molecule has 2 heterocycles. The first kappa shape index (κ1) is 15.1. The van der Waals surface area contributed by atoms with E-state index in [0.717, 1.165) is 31.5 Å². The number of aliphatic hydroxyl groups excluding tert-OH is 1. The van der Waals surface area contributed by atoms with Gasteiger partial charge in [0, 0.05) is 24.7 Å². The minimum Gasteiger partial charge on any atom is -0.440 e. The van der Waals surface area contributed by atoms with E-state index in [2.05, 4.69) is 18.7 Å². The number of nitrogens with zero attached hydrogens (tertiary/aromatic N) is 1. The van der Waals surface area contributed by atoms with Crippen molar-refractivity contribution in [3.8, 4) is 0 Å². The van der Waals surface area contributed by atoms with Crippen molar-refractivity contribution < 1.29 is 9.52 Å². The van der Waals surface area contributed by atoms with E-state index in [-0.39, 0.29) is 12.0 Å². The van der Waals surface area contributed by atoms with E-state index in [1.807, 2.05) is 19.1 Å². The van der Waals surface area contributed by atoms with Gasteiger partial charge in [-0.2, -0.15) is 0 Å². The van der Waals surface area contributed by atoms with Crippen LogP contribution >= 0.6 is 0 Å². The maximum atomic E-state index is 12.4. The lowest BCUT2D eigenvalue weighted by Gasteiger charge is -2.37. The van der Waals surface area contributed by atoms with Gasteiger partial charge in [-0.05, 0) is 42.9 Å². The van der Waals surface area contributed by atoms with Gasteiger partial charge in [-0.15, -0.1) is 0 Å². The number of hydrogen-bond donors (Lipinski definition) is 1. The van der Waals surface area contributed by atoms with Crippen LogP contribution in [0.1, 0.15) is 37.8 Å². The number of benzene rings is 1. The van der Waals surface area contributed by atoms with E-state index in [9.17, 15) is 9.90 Å². The van der Waals surface area contributed by atoms with Crippen LogP contribution in [-0.4, -0.2) is 18.2 Å². The first-order valence-electron chi connectivity index (χ1n) is 7.83. The Kier molecular flexibility index (Phi) is 3.73. The van der Waals surface area contributed by atoms with Crippen molar-refractivity contribution in [2.24, 2.45) is 5.41 Å². The zero-order valence-electron chi connectivity index (χ0n) is 13.5. The lowest BCUT2D eigenvalue weighted by Crippen LogP contribution is -2.37. The summed E-state index contributed by atoms with van der Waals surface area (Å²) in [6, 6.07) is 5.28. The summed E-state index contributed by atoms with van der Waals surface area (Å²) in [5.41, 5.74) is 2.45. The highest BCUT2D eigenvalue weighted by Gasteiger charge is 2.27. The van der Waals surface area contributed by atoms with Crippen molar-refractivity contribution in [3.63, 3.8) is 0 Å². The van der Waals surface area contributed by atoms with E-state index >= 15 is 0 Å². The fraction of sp³-hybridized carbons (Fsp3) is 0.500. The molecule has 1 aliphatic rings. The van der Waals surface area contributed by atoms with Gasteiger partial charge < -0.3 is 14.4 Å². The van der Waals surface area contributed by atoms with Crippen LogP contribution in [0.5, 0.6) is 0 Å². The Morgan fingerprint density at radius 1 is 1.23 bits per heavy atom. The Hall–Kier alpha value is -1.81. The fourth-order valence-corrected chi connectivity index (χ4v) is 3.08. The number of fused-ring (bicyclic) bond motifs is 1. The summed E-state index contributed by atoms with van der Waals surface area (Å²) in [4.78, 5) is 14.6. The highest BCUT2D eigenvalue weighted by atomic mass is 16.4. The molecule has 4 heteroatoms. The SMILES string of the molecule is Cc1cc(CO)c2oc(N3CCC(C)(C)CC3)cc(=O)c2c1. The van der Waals surface area contributed by atoms with Crippen molar-refractivity contribution in [1.29, 1.82) is 0 Å². The molecule has 1 N–H and O–H groups in total. The Morgan fingerprint density at radius 3 is 2.55 bits per heavy atom. The molecule has 0 radical (unpaired) electrons. The molecule has 1 fully saturated rings. The average molecular weight is 301 g/mol. The van der Waals surface area contributed by atoms with E-state index in [1.54, 1.807) is 6.07 Å². The Morgan fingerprint density at radius 2 is 1.91 bits per heavy atom. The lowest BCUT2D eigenvalue weighted by atomic mass is 9.83. The normalized spacial score (nSPS) is 17.9. The quantitative estimate of drug-likeness (QED) is 0.925. The summed E-state index contributed by atoms with van der Waals surface area (Å²) in [5, 5.41) is 10.1. The van der Waals surface area contributed by atoms with E-state index in [0.29, 0.717) is 27.8 Å². The highest BCUT2D eigenvalue weighted by Crippen LogP contribution is 2.33. The minimum absolute atomic E-state index is 0.0421. The zero-order chi connectivity index (χ0) is 15.9. The Bertz CT molecular complexity index is 751. The first-order valence-corrected chi connectivity index (χ1v) is 7.83. The maximum absolute atomic E-state index is 12.4. The van der Waals surface area contributed by atoms with Gasteiger partial charge in [0.1, 0.15) is 5.58 Å². The maximum Gasteiger partial charge on any atom is 0.200 e. The molecular formula is C18H23NO3. The molecule has 0 bridgehead atoms. The van der Waals surface area contributed by atoms with Crippen LogP contribution in [0.4, 0.5) is 5.88 Å². The van der Waals surface area contributed by atoms with Crippen LogP contribution in [0.15, 0.2) is 27.4 Å². The number of anilines is 1. The Labute approximate surface area is 130 Å². The van der Waals surface area contributed by atoms with Gasteiger partial charge in [0.05, 0.1) is 12.0 Å². The molecule has 118 valence electrons. The van der Waals surface area contributed by atoms with Crippen LogP contribution in [-0.2, 0) is 6.61 Å². The van der Waals surface area contributed by atoms with Crippen molar-refractivity contribution >= 4 is 16.9 Å². The van der Waals surface area contributed by atoms with Gasteiger partial charge >= 0.3 is 0 Å². The predicted molar refractivity (Wildman–Crippen MR) is 88.4 cm³/mol. The highest BCUT2D eigenvalue weighted by molar-refractivity contribution is 5.81. The second-order valence-corrected chi connectivity index (χ2v) is 7.06. The molecule has 1 aromatic heterocycles. The number of rotatable bonds is 2. The van der Waals surface area contributed by atoms with Crippen LogP contribution in [0, 0.1) is 12.3 Å². The van der Waals surface area contributed by atoms with Gasteiger partial charge in [0.25, 0.3) is 0 Å². The summed E-state index contributed by atoms with van der Waals surface area (Å²) < 4.78 is 5.99. The molecule has 0 amide bonds. The van der Waals surface area contributed by atoms with E-state index < -0.39 is 0 Å². The summed E-state index contributed by atoms with van der Waals surface area (Å²) in [7, 11) is 0. The third-order valence-electron chi connectivity index (χ3n) is 4.64. The van der Waals surface area contributed by atoms with Crippen molar-refractivity contribution in [1.82, 2.24) is 0 Å². The molecule has 22 heavy (non-hydrogen) atoms. The molecule has 0 unspecified atom stereocenters. The first-order chi connectivity index (χ1) is 10.4. The topological polar surface area (TPSA) is 53.7 Å².